The maximum atomic E-state index is 11.8. The number of carbonyl (C=O) groups excluding carboxylic acids is 1. The lowest BCUT2D eigenvalue weighted by atomic mass is 10.0. The zero-order chi connectivity index (χ0) is 25.6. The van der Waals surface area contributed by atoms with E-state index in [0.717, 1.165) is 12.8 Å². The van der Waals surface area contributed by atoms with Gasteiger partial charge in [0.2, 0.25) is 0 Å². The van der Waals surface area contributed by atoms with E-state index in [1.807, 2.05) is 0 Å². The molecule has 35 heavy (non-hydrogen) atoms. The van der Waals surface area contributed by atoms with Crippen LogP contribution in [0.15, 0.2) is 15.8 Å². The van der Waals surface area contributed by atoms with Crippen LogP contribution in [0.2, 0.25) is 0 Å². The first kappa shape index (κ1) is 31.1. The minimum Gasteiger partial charge on any atom is -0.463 e. The summed E-state index contributed by atoms with van der Waals surface area (Å²) in [7, 11) is 0. The molecular formula is C28H50N2O5. The summed E-state index contributed by atoms with van der Waals surface area (Å²) in [6.45, 7) is 4.27. The normalized spacial score (nSPS) is 11.1. The molecule has 0 radical (unpaired) electrons. The Morgan fingerprint density at radius 3 is 1.77 bits per heavy atom. The highest BCUT2D eigenvalue weighted by Crippen LogP contribution is 2.14. The van der Waals surface area contributed by atoms with Gasteiger partial charge in [-0.2, -0.15) is 0 Å². The molecule has 0 aliphatic heterocycles. The first-order valence-corrected chi connectivity index (χ1v) is 14.1. The predicted molar refractivity (Wildman–Crippen MR) is 142 cm³/mol. The summed E-state index contributed by atoms with van der Waals surface area (Å²) in [5.74, 6) is -0.202. The SMILES string of the molecule is CCCCCCCCCCCCCCCCCCCC(=O)OCCOCn1cc(C)c(=O)[nH]c1=O. The lowest BCUT2D eigenvalue weighted by Crippen LogP contribution is -2.31. The van der Waals surface area contributed by atoms with Crippen LogP contribution in [-0.4, -0.2) is 28.7 Å². The van der Waals surface area contributed by atoms with Crippen LogP contribution < -0.4 is 11.2 Å². The van der Waals surface area contributed by atoms with Crippen LogP contribution in [0, 0.1) is 6.92 Å². The molecule has 202 valence electrons. The van der Waals surface area contributed by atoms with Crippen LogP contribution in [0.4, 0.5) is 0 Å². The lowest BCUT2D eigenvalue weighted by molar-refractivity contribution is -0.145. The van der Waals surface area contributed by atoms with Gasteiger partial charge in [0.15, 0.2) is 0 Å². The Kier molecular flexibility index (Phi) is 19.0. The van der Waals surface area contributed by atoms with E-state index in [1.54, 1.807) is 6.92 Å². The van der Waals surface area contributed by atoms with Crippen molar-refractivity contribution in [2.75, 3.05) is 13.2 Å². The summed E-state index contributed by atoms with van der Waals surface area (Å²) in [5, 5.41) is 0. The molecule has 0 amide bonds. The molecule has 1 aromatic rings. The summed E-state index contributed by atoms with van der Waals surface area (Å²) in [6, 6.07) is 0. The van der Waals surface area contributed by atoms with E-state index in [-0.39, 0.29) is 25.9 Å². The number of unbranched alkanes of at least 4 members (excludes halogenated alkanes) is 16. The maximum absolute atomic E-state index is 11.8. The second-order valence-electron chi connectivity index (χ2n) is 9.71. The Morgan fingerprint density at radius 2 is 1.26 bits per heavy atom. The van der Waals surface area contributed by atoms with Crippen molar-refractivity contribution < 1.29 is 14.3 Å². The second kappa shape index (κ2) is 21.4. The fourth-order valence-corrected chi connectivity index (χ4v) is 4.16. The molecule has 1 N–H and O–H groups in total. The van der Waals surface area contributed by atoms with Crippen LogP contribution in [-0.2, 0) is 21.0 Å². The van der Waals surface area contributed by atoms with Gasteiger partial charge in [-0.05, 0) is 13.3 Å². The third kappa shape index (κ3) is 17.2. The third-order valence-corrected chi connectivity index (χ3v) is 6.39. The molecule has 0 spiro atoms. The van der Waals surface area contributed by atoms with E-state index in [0.29, 0.717) is 12.0 Å². The van der Waals surface area contributed by atoms with Gasteiger partial charge in [-0.15, -0.1) is 0 Å². The van der Waals surface area contributed by atoms with Crippen molar-refractivity contribution in [3.63, 3.8) is 0 Å². The van der Waals surface area contributed by atoms with Gasteiger partial charge in [-0.1, -0.05) is 110 Å². The Labute approximate surface area is 212 Å². The molecule has 0 bridgehead atoms. The average Bonchev–Trinajstić information content (AvgIpc) is 2.84. The van der Waals surface area contributed by atoms with Gasteiger partial charge in [-0.3, -0.25) is 19.1 Å². The number of aromatic amines is 1. The Bertz CT molecular complexity index is 771. The highest BCUT2D eigenvalue weighted by molar-refractivity contribution is 5.69. The number of H-pyrrole nitrogens is 1. The molecule has 0 saturated heterocycles. The van der Waals surface area contributed by atoms with Gasteiger partial charge in [0, 0.05) is 18.2 Å². The van der Waals surface area contributed by atoms with Crippen LogP contribution in [0.5, 0.6) is 0 Å². The van der Waals surface area contributed by atoms with Crippen molar-refractivity contribution in [3.8, 4) is 0 Å². The number of esters is 1. The van der Waals surface area contributed by atoms with Gasteiger partial charge in [0.05, 0.1) is 6.61 Å². The second-order valence-corrected chi connectivity index (χ2v) is 9.71. The first-order valence-electron chi connectivity index (χ1n) is 14.1. The molecule has 0 fully saturated rings. The van der Waals surface area contributed by atoms with Crippen molar-refractivity contribution in [1.82, 2.24) is 9.55 Å². The molecule has 0 unspecified atom stereocenters. The van der Waals surface area contributed by atoms with E-state index < -0.39 is 11.2 Å². The third-order valence-electron chi connectivity index (χ3n) is 6.39. The molecule has 1 aromatic heterocycles. The fourth-order valence-electron chi connectivity index (χ4n) is 4.16. The van der Waals surface area contributed by atoms with Crippen molar-refractivity contribution in [1.29, 1.82) is 0 Å². The molecule has 1 heterocycles. The van der Waals surface area contributed by atoms with Gasteiger partial charge in [0.25, 0.3) is 5.56 Å². The van der Waals surface area contributed by atoms with Crippen LogP contribution >= 0.6 is 0 Å². The van der Waals surface area contributed by atoms with Gasteiger partial charge >= 0.3 is 11.7 Å². The lowest BCUT2D eigenvalue weighted by Gasteiger charge is -2.08. The topological polar surface area (TPSA) is 90.4 Å². The van der Waals surface area contributed by atoms with Crippen molar-refractivity contribution in [3.05, 3.63) is 32.6 Å². The highest BCUT2D eigenvalue weighted by atomic mass is 16.6. The molecule has 0 aromatic carbocycles. The van der Waals surface area contributed by atoms with Gasteiger partial charge < -0.3 is 9.47 Å². The molecule has 0 aliphatic rings. The van der Waals surface area contributed by atoms with Crippen molar-refractivity contribution in [2.45, 2.75) is 136 Å². The maximum Gasteiger partial charge on any atom is 0.330 e. The molecule has 0 atom stereocenters. The van der Waals surface area contributed by atoms with Gasteiger partial charge in [0.1, 0.15) is 13.3 Å². The van der Waals surface area contributed by atoms with E-state index >= 15 is 0 Å². The molecule has 0 aliphatic carbocycles. The largest absolute Gasteiger partial charge is 0.463 e. The standard InChI is InChI=1S/C28H50N2O5/c1-3-4-5-6-7-8-9-10-11-12-13-14-15-16-17-18-19-20-26(31)35-22-21-34-24-30-23-25(2)27(32)29-28(30)33/h23H,3-22,24H2,1-2H3,(H,29,32,33). The summed E-state index contributed by atoms with van der Waals surface area (Å²) < 4.78 is 11.8. The van der Waals surface area contributed by atoms with Crippen LogP contribution in [0.3, 0.4) is 0 Å². The Morgan fingerprint density at radius 1 is 0.771 bits per heavy atom. The minimum absolute atomic E-state index is 0.00714. The van der Waals surface area contributed by atoms with E-state index in [9.17, 15) is 14.4 Å². The quantitative estimate of drug-likeness (QED) is 0.140. The predicted octanol–water partition coefficient (Wildman–Crippen LogP) is 6.40. The number of aryl methyl sites for hydroxylation is 1. The summed E-state index contributed by atoms with van der Waals surface area (Å²) in [5.41, 5.74) is -0.477. The van der Waals surface area contributed by atoms with Crippen molar-refractivity contribution in [2.24, 2.45) is 0 Å². The smallest absolute Gasteiger partial charge is 0.330 e. The number of hydrogen-bond donors (Lipinski definition) is 1. The number of carbonyl (C=O) groups is 1. The Hall–Kier alpha value is -1.89. The number of ether oxygens (including phenoxy) is 2. The number of hydrogen-bond acceptors (Lipinski definition) is 5. The van der Waals surface area contributed by atoms with Gasteiger partial charge in [-0.25, -0.2) is 4.79 Å². The number of rotatable bonds is 23. The number of aromatic nitrogens is 2. The number of nitrogens with one attached hydrogen (secondary N) is 1. The monoisotopic (exact) mass is 494 g/mol. The molecule has 0 saturated carbocycles. The molecule has 1 rings (SSSR count). The molecule has 7 nitrogen and oxygen atoms in total. The van der Waals surface area contributed by atoms with E-state index in [2.05, 4.69) is 11.9 Å². The zero-order valence-electron chi connectivity index (χ0n) is 22.4. The highest BCUT2D eigenvalue weighted by Gasteiger charge is 2.04. The first-order chi connectivity index (χ1) is 17.0. The van der Waals surface area contributed by atoms with Crippen LogP contribution in [0.1, 0.15) is 128 Å². The van der Waals surface area contributed by atoms with E-state index in [4.69, 9.17) is 9.47 Å². The Balaban J connectivity index is 1.82. The molecular weight excluding hydrogens is 444 g/mol. The summed E-state index contributed by atoms with van der Waals surface area (Å²) in [4.78, 5) is 37.0. The minimum atomic E-state index is -0.517. The summed E-state index contributed by atoms with van der Waals surface area (Å²) in [6.07, 6.45) is 24.3. The summed E-state index contributed by atoms with van der Waals surface area (Å²) >= 11 is 0. The number of nitrogens with zero attached hydrogens (tertiary/aromatic N) is 1. The van der Waals surface area contributed by atoms with Crippen LogP contribution in [0.25, 0.3) is 0 Å². The zero-order valence-corrected chi connectivity index (χ0v) is 22.4. The van der Waals surface area contributed by atoms with E-state index in [1.165, 1.54) is 107 Å². The average molecular weight is 495 g/mol. The molecule has 7 heteroatoms. The van der Waals surface area contributed by atoms with Crippen molar-refractivity contribution >= 4 is 5.97 Å². The fraction of sp³-hybridized carbons (Fsp3) is 0.821.